The molecule has 1 amide bonds. The quantitative estimate of drug-likeness (QED) is 0.864. The van der Waals surface area contributed by atoms with Gasteiger partial charge in [0.2, 0.25) is 0 Å². The summed E-state index contributed by atoms with van der Waals surface area (Å²) in [4.78, 5) is 21.5. The minimum Gasteiger partial charge on any atom is -0.497 e. The molecule has 2 aromatic rings. The van der Waals surface area contributed by atoms with Gasteiger partial charge in [-0.05, 0) is 12.1 Å². The number of hydrogen-bond donors (Lipinski definition) is 0. The molecule has 1 aromatic heterocycles. The number of hydrogen-bond acceptors (Lipinski definition) is 4. The average molecular weight is 278 g/mol. The van der Waals surface area contributed by atoms with Crippen molar-refractivity contribution >= 4 is 23.2 Å². The molecular weight excluding hydrogens is 266 g/mol. The molecule has 0 N–H and O–H groups in total. The third-order valence-corrected chi connectivity index (χ3v) is 2.75. The van der Waals surface area contributed by atoms with Crippen LogP contribution in [-0.2, 0) is 0 Å². The van der Waals surface area contributed by atoms with Gasteiger partial charge < -0.3 is 9.64 Å². The predicted octanol–water partition coefficient (Wildman–Crippen LogP) is 2.42. The Hall–Kier alpha value is -2.14. The van der Waals surface area contributed by atoms with Gasteiger partial charge in [-0.2, -0.15) is 0 Å². The van der Waals surface area contributed by atoms with Gasteiger partial charge in [0, 0.05) is 18.8 Å². The van der Waals surface area contributed by atoms with Crippen LogP contribution in [0.2, 0.25) is 5.15 Å². The fourth-order valence-electron chi connectivity index (χ4n) is 1.55. The number of amides is 1. The van der Waals surface area contributed by atoms with Crippen molar-refractivity contribution in [1.29, 1.82) is 0 Å². The Morgan fingerprint density at radius 1 is 1.37 bits per heavy atom. The lowest BCUT2D eigenvalue weighted by molar-refractivity contribution is 0.0988. The average Bonchev–Trinajstić information content (AvgIpc) is 2.45. The highest BCUT2D eigenvalue weighted by molar-refractivity contribution is 6.29. The summed E-state index contributed by atoms with van der Waals surface area (Å²) in [5.41, 5.74) is 0.893. The highest BCUT2D eigenvalue weighted by Gasteiger charge is 2.16. The van der Waals surface area contributed by atoms with Gasteiger partial charge in [-0.15, -0.1) is 0 Å². The summed E-state index contributed by atoms with van der Waals surface area (Å²) in [6.07, 6.45) is 2.76. The summed E-state index contributed by atoms with van der Waals surface area (Å²) < 4.78 is 5.12. The molecule has 0 unspecified atom stereocenters. The van der Waals surface area contributed by atoms with E-state index in [-0.39, 0.29) is 16.8 Å². The van der Waals surface area contributed by atoms with E-state index in [4.69, 9.17) is 16.3 Å². The van der Waals surface area contributed by atoms with Crippen LogP contribution in [0.25, 0.3) is 0 Å². The summed E-state index contributed by atoms with van der Waals surface area (Å²) in [6.45, 7) is 0. The van der Waals surface area contributed by atoms with Gasteiger partial charge in [0.05, 0.1) is 19.5 Å². The maximum Gasteiger partial charge on any atom is 0.278 e. The lowest BCUT2D eigenvalue weighted by atomic mass is 10.2. The summed E-state index contributed by atoms with van der Waals surface area (Å²) in [5, 5.41) is 0.185. The summed E-state index contributed by atoms with van der Waals surface area (Å²) >= 11 is 5.72. The molecule has 2 rings (SSSR count). The summed E-state index contributed by atoms with van der Waals surface area (Å²) in [6, 6.07) is 7.18. The van der Waals surface area contributed by atoms with E-state index < -0.39 is 0 Å². The van der Waals surface area contributed by atoms with Crippen LogP contribution in [-0.4, -0.2) is 30.0 Å². The monoisotopic (exact) mass is 277 g/mol. The van der Waals surface area contributed by atoms with Gasteiger partial charge in [-0.3, -0.25) is 9.78 Å². The number of rotatable bonds is 3. The fraction of sp³-hybridized carbons (Fsp3) is 0.154. The van der Waals surface area contributed by atoms with Crippen molar-refractivity contribution in [3.8, 4) is 5.75 Å². The molecule has 0 aliphatic carbocycles. The van der Waals surface area contributed by atoms with Crippen LogP contribution >= 0.6 is 11.6 Å². The number of aromatic nitrogens is 2. The highest BCUT2D eigenvalue weighted by Crippen LogP contribution is 2.21. The Labute approximate surface area is 115 Å². The SMILES string of the molecule is COc1cccc(N(C)C(=O)c2cncc(Cl)n2)c1. The Bertz CT molecular complexity index is 604. The van der Waals surface area contributed by atoms with Crippen LogP contribution in [0.5, 0.6) is 5.75 Å². The molecule has 0 fully saturated rings. The predicted molar refractivity (Wildman–Crippen MR) is 72.8 cm³/mol. The topological polar surface area (TPSA) is 55.3 Å². The van der Waals surface area contributed by atoms with Gasteiger partial charge in [-0.1, -0.05) is 17.7 Å². The molecule has 0 atom stereocenters. The lowest BCUT2D eigenvalue weighted by Gasteiger charge is -2.17. The first-order valence-electron chi connectivity index (χ1n) is 5.51. The number of halogens is 1. The molecule has 19 heavy (non-hydrogen) atoms. The van der Waals surface area contributed by atoms with Crippen molar-refractivity contribution in [2.75, 3.05) is 19.1 Å². The number of carbonyl (C=O) groups excluding carboxylic acids is 1. The van der Waals surface area contributed by atoms with E-state index in [0.717, 1.165) is 0 Å². The first-order chi connectivity index (χ1) is 9.11. The first-order valence-corrected chi connectivity index (χ1v) is 5.89. The van der Waals surface area contributed by atoms with E-state index in [9.17, 15) is 4.79 Å². The molecule has 98 valence electrons. The van der Waals surface area contributed by atoms with Crippen molar-refractivity contribution in [2.24, 2.45) is 0 Å². The normalized spacial score (nSPS) is 10.1. The van der Waals surface area contributed by atoms with Crippen LogP contribution < -0.4 is 9.64 Å². The van der Waals surface area contributed by atoms with Crippen molar-refractivity contribution in [1.82, 2.24) is 9.97 Å². The van der Waals surface area contributed by atoms with Crippen LogP contribution in [0.3, 0.4) is 0 Å². The molecule has 5 nitrogen and oxygen atoms in total. The van der Waals surface area contributed by atoms with Crippen LogP contribution in [0.15, 0.2) is 36.7 Å². The van der Waals surface area contributed by atoms with E-state index in [2.05, 4.69) is 9.97 Å². The van der Waals surface area contributed by atoms with Crippen LogP contribution in [0, 0.1) is 0 Å². The van der Waals surface area contributed by atoms with E-state index in [1.54, 1.807) is 32.4 Å². The van der Waals surface area contributed by atoms with Gasteiger partial charge in [0.15, 0.2) is 0 Å². The van der Waals surface area contributed by atoms with Crippen LogP contribution in [0.1, 0.15) is 10.5 Å². The molecule has 0 saturated carbocycles. The van der Waals surface area contributed by atoms with Crippen molar-refractivity contribution < 1.29 is 9.53 Å². The Morgan fingerprint density at radius 2 is 2.16 bits per heavy atom. The third-order valence-electron chi connectivity index (χ3n) is 2.57. The molecule has 0 aliphatic rings. The van der Waals surface area contributed by atoms with Gasteiger partial charge >= 0.3 is 0 Å². The first kappa shape index (κ1) is 13.3. The zero-order valence-corrected chi connectivity index (χ0v) is 11.3. The Kier molecular flexibility index (Phi) is 3.97. The van der Waals surface area contributed by atoms with Crippen molar-refractivity contribution in [3.63, 3.8) is 0 Å². The van der Waals surface area contributed by atoms with E-state index >= 15 is 0 Å². The second-order valence-corrected chi connectivity index (χ2v) is 4.18. The van der Waals surface area contributed by atoms with Crippen molar-refractivity contribution in [2.45, 2.75) is 0 Å². The third kappa shape index (κ3) is 3.00. The van der Waals surface area contributed by atoms with E-state index in [1.807, 2.05) is 6.07 Å². The highest BCUT2D eigenvalue weighted by atomic mass is 35.5. The van der Waals surface area contributed by atoms with Crippen molar-refractivity contribution in [3.05, 3.63) is 47.5 Å². The minimum absolute atomic E-state index is 0.185. The molecule has 0 aliphatic heterocycles. The van der Waals surface area contributed by atoms with E-state index in [0.29, 0.717) is 11.4 Å². The molecule has 0 spiro atoms. The minimum atomic E-state index is -0.289. The zero-order chi connectivity index (χ0) is 13.8. The van der Waals surface area contributed by atoms with E-state index in [1.165, 1.54) is 17.3 Å². The summed E-state index contributed by atoms with van der Waals surface area (Å²) in [7, 11) is 3.23. The largest absolute Gasteiger partial charge is 0.497 e. The molecule has 0 saturated heterocycles. The molecule has 1 aromatic carbocycles. The standard InChI is InChI=1S/C13H12ClN3O2/c1-17(9-4-3-5-10(6-9)19-2)13(18)11-7-15-8-12(14)16-11/h3-8H,1-2H3. The molecule has 1 heterocycles. The molecule has 0 radical (unpaired) electrons. The maximum atomic E-state index is 12.2. The number of carbonyl (C=O) groups is 1. The zero-order valence-electron chi connectivity index (χ0n) is 10.5. The molecule has 6 heteroatoms. The lowest BCUT2D eigenvalue weighted by Crippen LogP contribution is -2.27. The van der Waals surface area contributed by atoms with Crippen LogP contribution in [0.4, 0.5) is 5.69 Å². The maximum absolute atomic E-state index is 12.2. The second kappa shape index (κ2) is 5.67. The van der Waals surface area contributed by atoms with Gasteiger partial charge in [-0.25, -0.2) is 4.98 Å². The number of ether oxygens (including phenoxy) is 1. The Morgan fingerprint density at radius 3 is 2.84 bits per heavy atom. The number of methoxy groups -OCH3 is 1. The number of nitrogens with zero attached hydrogens (tertiary/aromatic N) is 3. The van der Waals surface area contributed by atoms with Gasteiger partial charge in [0.25, 0.3) is 5.91 Å². The fourth-order valence-corrected chi connectivity index (χ4v) is 1.70. The number of benzene rings is 1. The smallest absolute Gasteiger partial charge is 0.278 e. The second-order valence-electron chi connectivity index (χ2n) is 3.79. The van der Waals surface area contributed by atoms with Gasteiger partial charge in [0.1, 0.15) is 16.6 Å². The molecule has 0 bridgehead atoms. The number of anilines is 1. The Balaban J connectivity index is 2.28. The molecular formula is C13H12ClN3O2. The summed E-state index contributed by atoms with van der Waals surface area (Å²) in [5.74, 6) is 0.387.